The molecule has 1 unspecified atom stereocenters. The first-order chi connectivity index (χ1) is 6.82. The van der Waals surface area contributed by atoms with E-state index in [9.17, 15) is 4.79 Å². The lowest BCUT2D eigenvalue weighted by atomic mass is 9.66. The summed E-state index contributed by atoms with van der Waals surface area (Å²) in [5.41, 5.74) is -0.766. The summed E-state index contributed by atoms with van der Waals surface area (Å²) in [7, 11) is 0. The first-order valence-electron chi connectivity index (χ1n) is 5.70. The quantitative estimate of drug-likeness (QED) is 0.566. The maximum absolute atomic E-state index is 11.7. The molecular formula is C13H25IO2. The number of hydrogen-bond acceptors (Lipinski definition) is 2. The van der Waals surface area contributed by atoms with Crippen molar-refractivity contribution in [3.05, 3.63) is 0 Å². The third-order valence-corrected chi connectivity index (χ3v) is 5.00. The highest BCUT2D eigenvalue weighted by Crippen LogP contribution is 2.45. The minimum absolute atomic E-state index is 0.0289. The standard InChI is InChI=1S/C13H25IO2/c1-9(16-11(2,3)4)12(5,6)13(7,8)10(14)15/h9H,1-8H3. The molecule has 16 heavy (non-hydrogen) atoms. The Kier molecular flexibility index (Phi) is 5.04. The first kappa shape index (κ1) is 16.4. The number of rotatable bonds is 4. The molecule has 0 bridgehead atoms. The van der Waals surface area contributed by atoms with Crippen LogP contribution in [0.25, 0.3) is 0 Å². The highest BCUT2D eigenvalue weighted by molar-refractivity contribution is 14.1. The molecule has 0 fully saturated rings. The molecule has 0 aliphatic heterocycles. The van der Waals surface area contributed by atoms with E-state index in [1.165, 1.54) is 0 Å². The van der Waals surface area contributed by atoms with Crippen molar-refractivity contribution in [2.24, 2.45) is 10.8 Å². The summed E-state index contributed by atoms with van der Waals surface area (Å²) in [6, 6.07) is 0. The number of halogens is 1. The van der Waals surface area contributed by atoms with E-state index in [4.69, 9.17) is 4.74 Å². The maximum Gasteiger partial charge on any atom is 0.198 e. The van der Waals surface area contributed by atoms with Gasteiger partial charge in [0.25, 0.3) is 0 Å². The van der Waals surface area contributed by atoms with Gasteiger partial charge in [-0.15, -0.1) is 0 Å². The third-order valence-electron chi connectivity index (χ3n) is 3.65. The van der Waals surface area contributed by atoms with Gasteiger partial charge >= 0.3 is 0 Å². The molecular weight excluding hydrogens is 315 g/mol. The Balaban J connectivity index is 4.99. The van der Waals surface area contributed by atoms with Gasteiger partial charge in [0, 0.05) is 33.4 Å². The van der Waals surface area contributed by atoms with Crippen LogP contribution >= 0.6 is 22.6 Å². The van der Waals surface area contributed by atoms with E-state index in [0.29, 0.717) is 0 Å². The zero-order valence-corrected chi connectivity index (χ0v) is 13.9. The molecule has 0 spiro atoms. The molecule has 2 nitrogen and oxygen atoms in total. The van der Waals surface area contributed by atoms with Gasteiger partial charge in [0.15, 0.2) is 3.79 Å². The second-order valence-corrected chi connectivity index (χ2v) is 7.47. The van der Waals surface area contributed by atoms with Crippen molar-refractivity contribution in [3.63, 3.8) is 0 Å². The van der Waals surface area contributed by atoms with Gasteiger partial charge < -0.3 is 4.74 Å². The second-order valence-electron chi connectivity index (χ2n) is 6.49. The zero-order chi connectivity index (χ0) is 13.4. The molecule has 0 aromatic rings. The topological polar surface area (TPSA) is 26.3 Å². The van der Waals surface area contributed by atoms with Crippen LogP contribution in [0.4, 0.5) is 0 Å². The smallest absolute Gasteiger partial charge is 0.198 e. The van der Waals surface area contributed by atoms with Gasteiger partial charge in [-0.05, 0) is 27.7 Å². The molecule has 0 rings (SSSR count). The molecule has 0 saturated heterocycles. The van der Waals surface area contributed by atoms with E-state index < -0.39 is 5.41 Å². The molecule has 0 aliphatic rings. The maximum atomic E-state index is 11.7. The van der Waals surface area contributed by atoms with Crippen molar-refractivity contribution in [1.82, 2.24) is 0 Å². The summed E-state index contributed by atoms with van der Waals surface area (Å²) in [6.45, 7) is 16.3. The van der Waals surface area contributed by atoms with Crippen LogP contribution in [-0.4, -0.2) is 15.5 Å². The molecule has 96 valence electrons. The Hall–Kier alpha value is 0.360. The molecule has 0 aromatic heterocycles. The molecule has 0 saturated carbocycles. The molecule has 0 aliphatic carbocycles. The van der Waals surface area contributed by atoms with Gasteiger partial charge in [-0.25, -0.2) is 0 Å². The van der Waals surface area contributed by atoms with Crippen LogP contribution in [0, 0.1) is 10.8 Å². The van der Waals surface area contributed by atoms with Crippen molar-refractivity contribution in [2.45, 2.75) is 67.1 Å². The largest absolute Gasteiger partial charge is 0.372 e. The van der Waals surface area contributed by atoms with Crippen molar-refractivity contribution in [3.8, 4) is 0 Å². The van der Waals surface area contributed by atoms with Crippen LogP contribution in [0.15, 0.2) is 0 Å². The van der Waals surface area contributed by atoms with Crippen LogP contribution in [0.3, 0.4) is 0 Å². The Labute approximate surface area is 114 Å². The third kappa shape index (κ3) is 3.69. The average Bonchev–Trinajstić information content (AvgIpc) is 1.99. The van der Waals surface area contributed by atoms with Crippen molar-refractivity contribution < 1.29 is 9.53 Å². The predicted octanol–water partition coefficient (Wildman–Crippen LogP) is 4.20. The zero-order valence-electron chi connectivity index (χ0n) is 11.8. The van der Waals surface area contributed by atoms with Crippen LogP contribution in [0.5, 0.6) is 0 Å². The lowest BCUT2D eigenvalue weighted by Crippen LogP contribution is -2.47. The molecule has 0 N–H and O–H groups in total. The molecule has 3 heteroatoms. The Morgan fingerprint density at radius 3 is 1.69 bits per heavy atom. The van der Waals surface area contributed by atoms with E-state index in [1.54, 1.807) is 0 Å². The van der Waals surface area contributed by atoms with Crippen LogP contribution in [0.1, 0.15) is 55.4 Å². The first-order valence-corrected chi connectivity index (χ1v) is 6.78. The number of ether oxygens (including phenoxy) is 1. The number of hydrogen-bond donors (Lipinski definition) is 0. The average molecular weight is 340 g/mol. The van der Waals surface area contributed by atoms with Crippen LogP contribution < -0.4 is 0 Å². The van der Waals surface area contributed by atoms with Crippen LogP contribution in [0.2, 0.25) is 0 Å². The molecule has 0 aromatic carbocycles. The van der Waals surface area contributed by atoms with E-state index >= 15 is 0 Å². The van der Waals surface area contributed by atoms with E-state index in [-0.39, 0.29) is 20.9 Å². The summed E-state index contributed by atoms with van der Waals surface area (Å²) in [5, 5.41) is 0. The van der Waals surface area contributed by atoms with Crippen molar-refractivity contribution in [1.29, 1.82) is 0 Å². The number of carbonyl (C=O) groups is 1. The minimum Gasteiger partial charge on any atom is -0.372 e. The fourth-order valence-corrected chi connectivity index (χ4v) is 2.13. The highest BCUT2D eigenvalue weighted by Gasteiger charge is 2.46. The van der Waals surface area contributed by atoms with Gasteiger partial charge in [-0.3, -0.25) is 4.79 Å². The van der Waals surface area contributed by atoms with Gasteiger partial charge in [0.05, 0.1) is 11.7 Å². The summed E-state index contributed by atoms with van der Waals surface area (Å²) in [6.07, 6.45) is 0.0289. The van der Waals surface area contributed by atoms with Gasteiger partial charge in [-0.1, -0.05) is 27.7 Å². The molecule has 0 radical (unpaired) electrons. The Bertz CT molecular complexity index is 262. The molecule has 0 amide bonds. The monoisotopic (exact) mass is 340 g/mol. The lowest BCUT2D eigenvalue weighted by Gasteiger charge is -2.45. The molecule has 1 atom stereocenters. The van der Waals surface area contributed by atoms with E-state index in [2.05, 4.69) is 13.8 Å². The SMILES string of the molecule is CC(OC(C)(C)C)C(C)(C)C(C)(C)C(=O)I. The van der Waals surface area contributed by atoms with Crippen LogP contribution in [-0.2, 0) is 9.53 Å². The predicted molar refractivity (Wildman–Crippen MR) is 76.9 cm³/mol. The van der Waals surface area contributed by atoms with E-state index in [0.717, 1.165) is 0 Å². The fourth-order valence-electron chi connectivity index (χ4n) is 1.44. The molecule has 0 heterocycles. The lowest BCUT2D eigenvalue weighted by molar-refractivity contribution is -0.147. The Morgan fingerprint density at radius 2 is 1.44 bits per heavy atom. The van der Waals surface area contributed by atoms with Gasteiger partial charge in [0.1, 0.15) is 0 Å². The van der Waals surface area contributed by atoms with Crippen molar-refractivity contribution in [2.75, 3.05) is 0 Å². The van der Waals surface area contributed by atoms with Crippen molar-refractivity contribution >= 4 is 26.4 Å². The fraction of sp³-hybridized carbons (Fsp3) is 0.923. The van der Waals surface area contributed by atoms with E-state index in [1.807, 2.05) is 64.1 Å². The normalized spacial score (nSPS) is 16.1. The highest BCUT2D eigenvalue weighted by atomic mass is 127. The van der Waals surface area contributed by atoms with Gasteiger partial charge in [0.2, 0.25) is 0 Å². The summed E-state index contributed by atoms with van der Waals surface area (Å²) in [5.74, 6) is 0. The summed E-state index contributed by atoms with van der Waals surface area (Å²) >= 11 is 1.89. The summed E-state index contributed by atoms with van der Waals surface area (Å²) in [4.78, 5) is 11.7. The number of carbonyl (C=O) groups excluding carboxylic acids is 1. The minimum atomic E-state index is -0.391. The Morgan fingerprint density at radius 1 is 1.06 bits per heavy atom. The van der Waals surface area contributed by atoms with Gasteiger partial charge in [-0.2, -0.15) is 0 Å². The summed E-state index contributed by atoms with van der Waals surface area (Å²) < 4.78 is 6.16. The second kappa shape index (κ2) is 4.92.